The van der Waals surface area contributed by atoms with E-state index in [1.165, 1.54) is 0 Å². The van der Waals surface area contributed by atoms with Crippen LogP contribution in [0.4, 0.5) is 0 Å². The van der Waals surface area contributed by atoms with Crippen LogP contribution in [0.25, 0.3) is 0 Å². The molecule has 5 heteroatoms. The summed E-state index contributed by atoms with van der Waals surface area (Å²) in [5, 5.41) is 0. The van der Waals surface area contributed by atoms with E-state index in [9.17, 15) is 0 Å². The van der Waals surface area contributed by atoms with Gasteiger partial charge in [0, 0.05) is 0 Å². The van der Waals surface area contributed by atoms with Crippen molar-refractivity contribution in [3.63, 3.8) is 0 Å². The summed E-state index contributed by atoms with van der Waals surface area (Å²) in [6, 6.07) is 0. The van der Waals surface area contributed by atoms with Crippen LogP contribution >= 0.6 is 37.2 Å². The summed E-state index contributed by atoms with van der Waals surface area (Å²) >= 11 is 0.869. The maximum absolute atomic E-state index is 4.39. The molecule has 0 bridgehead atoms. The average Bonchev–Trinajstić information content (AvgIpc) is 0.918. The van der Waals surface area contributed by atoms with Crippen LogP contribution in [0, 0.1) is 0 Å². The second-order valence-corrected chi connectivity index (χ2v) is 1.67. The zero-order valence-corrected chi connectivity index (χ0v) is 9.18. The Balaban J connectivity index is -0.00000000667. The fourth-order valence-electron chi connectivity index (χ4n) is 0. The maximum atomic E-state index is 4.39. The van der Waals surface area contributed by atoms with Gasteiger partial charge in [-0.25, -0.2) is 0 Å². The second kappa shape index (κ2) is 29.9. The first kappa shape index (κ1) is 25.2. The standard InChI is InChI=1S/CH3O.3ClH.Hf/c1-2;;;;/h1H3;3*1H;/q-1;;;;+1. The van der Waals surface area contributed by atoms with Crippen LogP contribution in [-0.4, -0.2) is 7.11 Å². The Bertz CT molecular complexity index is 10.8. The summed E-state index contributed by atoms with van der Waals surface area (Å²) in [5.41, 5.74) is 0. The minimum Gasteiger partial charge on any atom is -0.147 e. The Hall–Kier alpha value is 1.70. The predicted molar refractivity (Wildman–Crippen MR) is 28.8 cm³/mol. The van der Waals surface area contributed by atoms with Gasteiger partial charge < -0.3 is 0 Å². The largest absolute Gasteiger partial charge is 0.147 e. The van der Waals surface area contributed by atoms with Crippen LogP contribution in [0.1, 0.15) is 0 Å². The summed E-state index contributed by atoms with van der Waals surface area (Å²) in [5.74, 6) is 0. The minimum atomic E-state index is 0. The van der Waals surface area contributed by atoms with Crippen molar-refractivity contribution in [3.8, 4) is 0 Å². The van der Waals surface area contributed by atoms with Crippen LogP contribution in [0.5, 0.6) is 0 Å². The third kappa shape index (κ3) is 43.6. The van der Waals surface area contributed by atoms with Gasteiger partial charge in [-0.3, -0.25) is 0 Å². The molecule has 41 valence electrons. The van der Waals surface area contributed by atoms with Gasteiger partial charge >= 0.3 is 34.8 Å². The van der Waals surface area contributed by atoms with Gasteiger partial charge in [-0.15, -0.1) is 37.2 Å². The van der Waals surface area contributed by atoms with Crippen LogP contribution in [-0.2, 0) is 27.7 Å². The topological polar surface area (TPSA) is 9.23 Å². The molecule has 0 unspecified atom stereocenters. The molecule has 0 aromatic rings. The minimum absolute atomic E-state index is 0. The van der Waals surface area contributed by atoms with Crippen LogP contribution < -0.4 is 0 Å². The van der Waals surface area contributed by atoms with E-state index in [1.807, 2.05) is 0 Å². The monoisotopic (exact) mass is 319 g/mol. The fourth-order valence-corrected chi connectivity index (χ4v) is 0. The first-order valence-electron chi connectivity index (χ1n) is 0.612. The number of hydrogen-bond acceptors (Lipinski definition) is 1. The Morgan fingerprint density at radius 3 is 1.17 bits per heavy atom. The number of hydrogen-bond donors (Lipinski definition) is 0. The van der Waals surface area contributed by atoms with E-state index in [4.69, 9.17) is 0 Å². The number of halogens is 3. The van der Waals surface area contributed by atoms with Crippen molar-refractivity contribution in [1.82, 2.24) is 0 Å². The molecule has 0 amide bonds. The van der Waals surface area contributed by atoms with E-state index in [1.54, 1.807) is 7.11 Å². The van der Waals surface area contributed by atoms with Gasteiger partial charge in [0.25, 0.3) is 0 Å². The molecule has 0 heterocycles. The summed E-state index contributed by atoms with van der Waals surface area (Å²) < 4.78 is 4.39. The molecule has 0 saturated heterocycles. The Kier molecular flexibility index (Phi) is 126. The second-order valence-electron chi connectivity index (χ2n) is 0.204. The van der Waals surface area contributed by atoms with Crippen molar-refractivity contribution in [2.24, 2.45) is 0 Å². The first-order valence-corrected chi connectivity index (χ1v) is 2.08. The van der Waals surface area contributed by atoms with E-state index in [-0.39, 0.29) is 37.2 Å². The first-order chi connectivity index (χ1) is 1.41. The normalized spacial score (nSPS) is 2.67. The van der Waals surface area contributed by atoms with Gasteiger partial charge in [-0.05, 0) is 0 Å². The van der Waals surface area contributed by atoms with E-state index in [2.05, 4.69) is 2.85 Å². The van der Waals surface area contributed by atoms with Crippen molar-refractivity contribution < 1.29 is 27.7 Å². The van der Waals surface area contributed by atoms with Gasteiger partial charge in [-0.2, -0.15) is 0 Å². The zero-order chi connectivity index (χ0) is 2.71. The quantitative estimate of drug-likeness (QED) is 0.613. The third-order valence-corrected chi connectivity index (χ3v) is 0. The van der Waals surface area contributed by atoms with E-state index >= 15 is 0 Å². The van der Waals surface area contributed by atoms with Gasteiger partial charge in [0.15, 0.2) is 0 Å². The molecule has 0 aromatic carbocycles. The van der Waals surface area contributed by atoms with E-state index in [0.717, 1.165) is 24.8 Å². The average molecular weight is 319 g/mol. The zero-order valence-electron chi connectivity index (χ0n) is 3.13. The molecule has 0 rings (SSSR count). The predicted octanol–water partition coefficient (Wildman–Crippen LogP) is 1.36. The van der Waals surface area contributed by atoms with Crippen molar-refractivity contribution in [1.29, 1.82) is 0 Å². The summed E-state index contributed by atoms with van der Waals surface area (Å²) in [4.78, 5) is 0. The molecule has 0 fully saturated rings. The molecule has 0 aliphatic heterocycles. The molecule has 0 atom stereocenters. The Morgan fingerprint density at radius 1 is 1.17 bits per heavy atom. The summed E-state index contributed by atoms with van der Waals surface area (Å²) in [7, 11) is 1.69. The third-order valence-electron chi connectivity index (χ3n) is 0. The van der Waals surface area contributed by atoms with Gasteiger partial charge in [0.2, 0.25) is 0 Å². The van der Waals surface area contributed by atoms with Gasteiger partial charge in [-0.1, -0.05) is 0 Å². The van der Waals surface area contributed by atoms with Crippen molar-refractivity contribution in [3.05, 3.63) is 0 Å². The molecule has 0 aliphatic rings. The molecule has 0 aliphatic carbocycles. The smallest absolute Gasteiger partial charge is 0.147 e. The van der Waals surface area contributed by atoms with Crippen molar-refractivity contribution in [2.75, 3.05) is 7.11 Å². The fraction of sp³-hybridized carbons (Fsp3) is 1.00. The van der Waals surface area contributed by atoms with E-state index in [0.29, 0.717) is 0 Å². The van der Waals surface area contributed by atoms with Gasteiger partial charge in [0.05, 0.1) is 0 Å². The SMILES string of the molecule is C[O][Hf].Cl.Cl.Cl. The van der Waals surface area contributed by atoms with Gasteiger partial charge in [0.1, 0.15) is 0 Å². The summed E-state index contributed by atoms with van der Waals surface area (Å²) in [6.45, 7) is 0. The molecule has 6 heavy (non-hydrogen) atoms. The van der Waals surface area contributed by atoms with Crippen LogP contribution in [0.15, 0.2) is 0 Å². The Morgan fingerprint density at radius 2 is 1.17 bits per heavy atom. The van der Waals surface area contributed by atoms with Crippen molar-refractivity contribution >= 4 is 37.2 Å². The number of rotatable bonds is 0. The maximum Gasteiger partial charge on any atom is -0.147 e. The molecular weight excluding hydrogens is 313 g/mol. The summed E-state index contributed by atoms with van der Waals surface area (Å²) in [6.07, 6.45) is 0. The molecule has 0 radical (unpaired) electrons. The van der Waals surface area contributed by atoms with Crippen LogP contribution in [0.2, 0.25) is 0 Å². The van der Waals surface area contributed by atoms with Crippen molar-refractivity contribution in [2.45, 2.75) is 0 Å². The molecule has 0 N–H and O–H groups in total. The molecule has 0 spiro atoms. The molecule has 0 saturated carbocycles. The molecule has 1 nitrogen and oxygen atoms in total. The van der Waals surface area contributed by atoms with Crippen LogP contribution in [0.3, 0.4) is 0 Å². The van der Waals surface area contributed by atoms with E-state index < -0.39 is 0 Å². The molecule has 0 aromatic heterocycles. The Labute approximate surface area is 71.6 Å². The molecular formula is CH6Cl3HfO.